The summed E-state index contributed by atoms with van der Waals surface area (Å²) in [7, 11) is 0. The summed E-state index contributed by atoms with van der Waals surface area (Å²) in [6, 6.07) is 16.2. The normalized spacial score (nSPS) is 9.75. The maximum Gasteiger partial charge on any atom is 0.255 e. The number of benzene rings is 2. The van der Waals surface area contributed by atoms with Crippen LogP contribution in [0.3, 0.4) is 0 Å². The number of amides is 1. The lowest BCUT2D eigenvalue weighted by Crippen LogP contribution is -2.11. The Labute approximate surface area is 93.4 Å². The van der Waals surface area contributed by atoms with Gasteiger partial charge in [-0.25, -0.2) is 0 Å². The van der Waals surface area contributed by atoms with Crippen LogP contribution in [0.4, 0.5) is 5.69 Å². The van der Waals surface area contributed by atoms with Crippen molar-refractivity contribution in [3.8, 4) is 5.75 Å². The van der Waals surface area contributed by atoms with Crippen molar-refractivity contribution in [2.24, 2.45) is 0 Å². The summed E-state index contributed by atoms with van der Waals surface area (Å²) in [5.41, 5.74) is 0.905. The van der Waals surface area contributed by atoms with Gasteiger partial charge in [-0.1, -0.05) is 24.3 Å². The van der Waals surface area contributed by atoms with Crippen LogP contribution in [0.2, 0.25) is 0 Å². The van der Waals surface area contributed by atoms with Gasteiger partial charge in [-0.3, -0.25) is 4.79 Å². The Morgan fingerprint density at radius 1 is 1.19 bits per heavy atom. The van der Waals surface area contributed by atoms with Crippen LogP contribution in [0.15, 0.2) is 48.5 Å². The third-order valence-electron chi connectivity index (χ3n) is 2.13. The molecule has 0 spiro atoms. The van der Waals surface area contributed by atoms with E-state index >= 15 is 0 Å². The van der Waals surface area contributed by atoms with Crippen molar-refractivity contribution in [3.63, 3.8) is 0 Å². The minimum Gasteiger partial charge on any atom is -0.506 e. The highest BCUT2D eigenvalue weighted by Crippen LogP contribution is 2.21. The van der Waals surface area contributed by atoms with Crippen LogP contribution in [0.5, 0.6) is 5.75 Å². The molecule has 0 atom stereocenters. The first-order valence-electron chi connectivity index (χ1n) is 4.83. The fourth-order valence-electron chi connectivity index (χ4n) is 1.31. The van der Waals surface area contributed by atoms with Crippen molar-refractivity contribution >= 4 is 11.6 Å². The molecule has 2 N–H and O–H groups in total. The number of hydrogen-bond acceptors (Lipinski definition) is 2. The smallest absolute Gasteiger partial charge is 0.255 e. The van der Waals surface area contributed by atoms with Crippen molar-refractivity contribution in [1.82, 2.24) is 0 Å². The first kappa shape index (κ1) is 10.2. The van der Waals surface area contributed by atoms with E-state index in [9.17, 15) is 9.90 Å². The van der Waals surface area contributed by atoms with Crippen molar-refractivity contribution in [3.05, 3.63) is 60.2 Å². The Hall–Kier alpha value is -2.29. The molecular formula is C13H10NO2. The molecule has 79 valence electrons. The largest absolute Gasteiger partial charge is 0.506 e. The summed E-state index contributed by atoms with van der Waals surface area (Å²) in [4.78, 5) is 11.7. The van der Waals surface area contributed by atoms with Crippen molar-refractivity contribution in [1.29, 1.82) is 0 Å². The molecule has 0 unspecified atom stereocenters. The molecule has 0 saturated carbocycles. The van der Waals surface area contributed by atoms with Gasteiger partial charge in [-0.15, -0.1) is 0 Å². The zero-order valence-electron chi connectivity index (χ0n) is 8.47. The van der Waals surface area contributed by atoms with Gasteiger partial charge in [0.1, 0.15) is 5.75 Å². The third-order valence-corrected chi connectivity index (χ3v) is 2.13. The lowest BCUT2D eigenvalue weighted by molar-refractivity contribution is 0.102. The first-order chi connectivity index (χ1) is 7.77. The average molecular weight is 212 g/mol. The number of hydrogen-bond donors (Lipinski definition) is 2. The SMILES string of the molecule is O=C(Nc1c[c]ccc1O)c1ccccc1. The lowest BCUT2D eigenvalue weighted by atomic mass is 10.2. The van der Waals surface area contributed by atoms with E-state index in [2.05, 4.69) is 11.4 Å². The van der Waals surface area contributed by atoms with Gasteiger partial charge < -0.3 is 10.4 Å². The van der Waals surface area contributed by atoms with Gasteiger partial charge in [-0.05, 0) is 30.3 Å². The average Bonchev–Trinajstić information content (AvgIpc) is 2.33. The maximum absolute atomic E-state index is 11.7. The summed E-state index contributed by atoms with van der Waals surface area (Å²) in [5.74, 6) is -0.224. The number of carbonyl (C=O) groups is 1. The van der Waals surface area contributed by atoms with Crippen molar-refractivity contribution < 1.29 is 9.90 Å². The highest BCUT2D eigenvalue weighted by atomic mass is 16.3. The van der Waals surface area contributed by atoms with Gasteiger partial charge >= 0.3 is 0 Å². The van der Waals surface area contributed by atoms with Crippen molar-refractivity contribution in [2.45, 2.75) is 0 Å². The number of carbonyl (C=O) groups excluding carboxylic acids is 1. The van der Waals surface area contributed by atoms with Crippen LogP contribution >= 0.6 is 0 Å². The second-order valence-corrected chi connectivity index (χ2v) is 3.26. The number of rotatable bonds is 2. The third kappa shape index (κ3) is 2.20. The van der Waals surface area contributed by atoms with Gasteiger partial charge in [-0.2, -0.15) is 0 Å². The Balaban J connectivity index is 2.18. The van der Waals surface area contributed by atoms with Crippen LogP contribution < -0.4 is 5.32 Å². The topological polar surface area (TPSA) is 49.3 Å². The fourth-order valence-corrected chi connectivity index (χ4v) is 1.31. The quantitative estimate of drug-likeness (QED) is 0.751. The van der Waals surface area contributed by atoms with E-state index in [1.165, 1.54) is 12.1 Å². The number of phenolic OH excluding ortho intramolecular Hbond substituents is 1. The molecule has 0 aromatic heterocycles. The highest BCUT2D eigenvalue weighted by Gasteiger charge is 2.07. The molecule has 16 heavy (non-hydrogen) atoms. The fraction of sp³-hybridized carbons (Fsp3) is 0. The monoisotopic (exact) mass is 212 g/mol. The van der Waals surface area contributed by atoms with E-state index in [0.717, 1.165) is 0 Å². The summed E-state index contributed by atoms with van der Waals surface area (Å²) in [5, 5.41) is 12.1. The number of phenols is 1. The van der Waals surface area contributed by atoms with Crippen molar-refractivity contribution in [2.75, 3.05) is 5.32 Å². The predicted octanol–water partition coefficient (Wildman–Crippen LogP) is 2.44. The van der Waals surface area contributed by atoms with Crippen LogP contribution in [0.1, 0.15) is 10.4 Å². The Kier molecular flexibility index (Phi) is 2.87. The molecule has 1 radical (unpaired) electrons. The zero-order chi connectivity index (χ0) is 11.4. The van der Waals surface area contributed by atoms with Crippen LogP contribution in [0, 0.1) is 6.07 Å². The minimum absolute atomic E-state index is 0.0306. The van der Waals surface area contributed by atoms with E-state index < -0.39 is 0 Å². The molecule has 0 saturated heterocycles. The molecule has 2 aromatic rings. The van der Waals surface area contributed by atoms with E-state index in [0.29, 0.717) is 11.3 Å². The van der Waals surface area contributed by atoms with Gasteiger partial charge in [0, 0.05) is 5.56 Å². The molecule has 0 aliphatic carbocycles. The number of anilines is 1. The molecule has 0 aliphatic rings. The Bertz CT molecular complexity index is 494. The Morgan fingerprint density at radius 2 is 1.94 bits per heavy atom. The first-order valence-corrected chi connectivity index (χ1v) is 4.83. The summed E-state index contributed by atoms with van der Waals surface area (Å²) >= 11 is 0. The van der Waals surface area contributed by atoms with E-state index in [1.54, 1.807) is 30.3 Å². The lowest BCUT2D eigenvalue weighted by Gasteiger charge is -2.06. The van der Waals surface area contributed by atoms with Crippen LogP contribution in [-0.4, -0.2) is 11.0 Å². The summed E-state index contributed by atoms with van der Waals surface area (Å²) < 4.78 is 0. The number of aromatic hydroxyl groups is 1. The highest BCUT2D eigenvalue weighted by molar-refractivity contribution is 6.04. The molecular weight excluding hydrogens is 202 g/mol. The summed E-state index contributed by atoms with van der Waals surface area (Å²) in [6.07, 6.45) is 0. The molecule has 3 nitrogen and oxygen atoms in total. The molecule has 3 heteroatoms. The van der Waals surface area contributed by atoms with Gasteiger partial charge in [0.15, 0.2) is 0 Å². The molecule has 0 fully saturated rings. The minimum atomic E-state index is -0.254. The van der Waals surface area contributed by atoms with E-state index in [-0.39, 0.29) is 11.7 Å². The standard InChI is InChI=1S/C13H10NO2/c15-12-9-5-4-8-11(12)14-13(16)10-6-2-1-3-7-10/h1-3,5-9,15H,(H,14,16). The second-order valence-electron chi connectivity index (χ2n) is 3.26. The van der Waals surface area contributed by atoms with Gasteiger partial charge in [0.05, 0.1) is 5.69 Å². The zero-order valence-corrected chi connectivity index (χ0v) is 8.47. The van der Waals surface area contributed by atoms with Crippen LogP contribution in [-0.2, 0) is 0 Å². The van der Waals surface area contributed by atoms with Gasteiger partial charge in [0.25, 0.3) is 5.91 Å². The van der Waals surface area contributed by atoms with Gasteiger partial charge in [0.2, 0.25) is 0 Å². The Morgan fingerprint density at radius 3 is 2.62 bits per heavy atom. The number of nitrogens with one attached hydrogen (secondary N) is 1. The molecule has 2 aromatic carbocycles. The van der Waals surface area contributed by atoms with E-state index in [1.807, 2.05) is 6.07 Å². The maximum atomic E-state index is 11.7. The van der Waals surface area contributed by atoms with Crippen LogP contribution in [0.25, 0.3) is 0 Å². The predicted molar refractivity (Wildman–Crippen MR) is 61.3 cm³/mol. The molecule has 2 rings (SSSR count). The molecule has 0 aliphatic heterocycles. The van der Waals surface area contributed by atoms with E-state index in [4.69, 9.17) is 0 Å². The molecule has 1 amide bonds. The molecule has 0 heterocycles. The second kappa shape index (κ2) is 4.49. The molecule has 0 bridgehead atoms. The summed E-state index contributed by atoms with van der Waals surface area (Å²) in [6.45, 7) is 0.